The molecule has 1 atom stereocenters. The van der Waals surface area contributed by atoms with Gasteiger partial charge in [-0.05, 0) is 25.2 Å². The van der Waals surface area contributed by atoms with Crippen molar-refractivity contribution in [2.24, 2.45) is 11.8 Å². The number of hydrogen-bond donors (Lipinski definition) is 0. The Balaban J connectivity index is 3.41. The standard InChI is InChI=1S/C9H19BrO/c1-4-11-7-9(6-10)5-8(2)3/h8-9H,4-7H2,1-3H3. The SMILES string of the molecule is CCOCC(CBr)CC(C)C. The molecule has 0 aliphatic carbocycles. The number of halogens is 1. The fourth-order valence-corrected chi connectivity index (χ4v) is 1.58. The van der Waals surface area contributed by atoms with Crippen molar-refractivity contribution in [3.05, 3.63) is 0 Å². The molecule has 0 aromatic rings. The molecule has 0 aliphatic rings. The molecule has 2 heteroatoms. The zero-order valence-corrected chi connectivity index (χ0v) is 9.36. The molecular formula is C9H19BrO. The number of rotatable bonds is 6. The summed E-state index contributed by atoms with van der Waals surface area (Å²) < 4.78 is 5.36. The molecule has 1 nitrogen and oxygen atoms in total. The Morgan fingerprint density at radius 2 is 2.00 bits per heavy atom. The van der Waals surface area contributed by atoms with E-state index in [0.717, 1.165) is 24.5 Å². The first kappa shape index (κ1) is 11.4. The van der Waals surface area contributed by atoms with Crippen LogP contribution in [0, 0.1) is 11.8 Å². The van der Waals surface area contributed by atoms with Crippen LogP contribution in [0.4, 0.5) is 0 Å². The minimum atomic E-state index is 0.690. The first-order valence-electron chi connectivity index (χ1n) is 4.34. The second kappa shape index (κ2) is 7.11. The van der Waals surface area contributed by atoms with E-state index in [1.165, 1.54) is 6.42 Å². The molecule has 0 bridgehead atoms. The second-order valence-corrected chi connectivity index (χ2v) is 3.96. The third kappa shape index (κ3) is 6.82. The molecule has 0 spiro atoms. The molecule has 68 valence electrons. The fraction of sp³-hybridized carbons (Fsp3) is 1.00. The molecule has 0 saturated carbocycles. The summed E-state index contributed by atoms with van der Waals surface area (Å²) in [5.41, 5.74) is 0. The van der Waals surface area contributed by atoms with Gasteiger partial charge >= 0.3 is 0 Å². The monoisotopic (exact) mass is 222 g/mol. The maximum Gasteiger partial charge on any atom is 0.0502 e. The van der Waals surface area contributed by atoms with Crippen LogP contribution in [-0.4, -0.2) is 18.5 Å². The maximum atomic E-state index is 5.36. The van der Waals surface area contributed by atoms with Gasteiger partial charge in [0.25, 0.3) is 0 Å². The van der Waals surface area contributed by atoms with Gasteiger partial charge in [-0.3, -0.25) is 0 Å². The Bertz CT molecular complexity index is 83.6. The van der Waals surface area contributed by atoms with Crippen LogP contribution < -0.4 is 0 Å². The maximum absolute atomic E-state index is 5.36. The lowest BCUT2D eigenvalue weighted by Crippen LogP contribution is -2.13. The van der Waals surface area contributed by atoms with Crippen molar-refractivity contribution in [3.63, 3.8) is 0 Å². The molecule has 11 heavy (non-hydrogen) atoms. The number of alkyl halides is 1. The van der Waals surface area contributed by atoms with E-state index in [-0.39, 0.29) is 0 Å². The van der Waals surface area contributed by atoms with Crippen LogP contribution in [0.15, 0.2) is 0 Å². The summed E-state index contributed by atoms with van der Waals surface area (Å²) in [5.74, 6) is 1.47. The molecule has 0 fully saturated rings. The average Bonchev–Trinajstić information content (AvgIpc) is 1.97. The zero-order valence-electron chi connectivity index (χ0n) is 7.77. The summed E-state index contributed by atoms with van der Waals surface area (Å²) in [5, 5.41) is 1.06. The smallest absolute Gasteiger partial charge is 0.0502 e. The highest BCUT2D eigenvalue weighted by molar-refractivity contribution is 9.09. The zero-order chi connectivity index (χ0) is 8.69. The highest BCUT2D eigenvalue weighted by Crippen LogP contribution is 2.14. The van der Waals surface area contributed by atoms with E-state index < -0.39 is 0 Å². The van der Waals surface area contributed by atoms with E-state index in [1.807, 2.05) is 6.92 Å². The Labute approximate surface area is 78.6 Å². The van der Waals surface area contributed by atoms with Crippen molar-refractivity contribution < 1.29 is 4.74 Å². The second-order valence-electron chi connectivity index (χ2n) is 3.31. The fourth-order valence-electron chi connectivity index (χ4n) is 1.13. The van der Waals surface area contributed by atoms with Crippen molar-refractivity contribution in [2.75, 3.05) is 18.5 Å². The Morgan fingerprint density at radius 3 is 2.36 bits per heavy atom. The Hall–Kier alpha value is 0.440. The summed E-state index contributed by atoms with van der Waals surface area (Å²) in [4.78, 5) is 0. The van der Waals surface area contributed by atoms with Gasteiger partial charge in [0.2, 0.25) is 0 Å². The van der Waals surface area contributed by atoms with Crippen molar-refractivity contribution >= 4 is 15.9 Å². The minimum Gasteiger partial charge on any atom is -0.381 e. The van der Waals surface area contributed by atoms with E-state index in [2.05, 4.69) is 29.8 Å². The van der Waals surface area contributed by atoms with Crippen LogP contribution in [-0.2, 0) is 4.74 Å². The van der Waals surface area contributed by atoms with Crippen LogP contribution in [0.1, 0.15) is 27.2 Å². The van der Waals surface area contributed by atoms with Crippen molar-refractivity contribution in [2.45, 2.75) is 27.2 Å². The Morgan fingerprint density at radius 1 is 1.36 bits per heavy atom. The van der Waals surface area contributed by atoms with Crippen LogP contribution >= 0.6 is 15.9 Å². The molecular weight excluding hydrogens is 204 g/mol. The van der Waals surface area contributed by atoms with E-state index in [4.69, 9.17) is 4.74 Å². The average molecular weight is 223 g/mol. The molecule has 0 aromatic heterocycles. The minimum absolute atomic E-state index is 0.690. The Kier molecular flexibility index (Phi) is 7.39. The molecule has 0 radical (unpaired) electrons. The number of hydrogen-bond acceptors (Lipinski definition) is 1. The molecule has 1 unspecified atom stereocenters. The molecule has 0 N–H and O–H groups in total. The molecule has 0 amide bonds. The van der Waals surface area contributed by atoms with Gasteiger partial charge in [0.1, 0.15) is 0 Å². The lowest BCUT2D eigenvalue weighted by molar-refractivity contribution is 0.110. The summed E-state index contributed by atoms with van der Waals surface area (Å²) in [7, 11) is 0. The van der Waals surface area contributed by atoms with Gasteiger partial charge in [-0.15, -0.1) is 0 Å². The highest BCUT2D eigenvalue weighted by Gasteiger charge is 2.08. The van der Waals surface area contributed by atoms with Gasteiger partial charge in [-0.25, -0.2) is 0 Å². The molecule has 0 heterocycles. The van der Waals surface area contributed by atoms with Crippen molar-refractivity contribution in [1.29, 1.82) is 0 Å². The third-order valence-corrected chi connectivity index (χ3v) is 2.50. The molecule has 0 saturated heterocycles. The van der Waals surface area contributed by atoms with Gasteiger partial charge in [-0.1, -0.05) is 29.8 Å². The first-order chi connectivity index (χ1) is 5.20. The predicted octanol–water partition coefficient (Wildman–Crippen LogP) is 3.08. The van der Waals surface area contributed by atoms with Gasteiger partial charge < -0.3 is 4.74 Å². The van der Waals surface area contributed by atoms with Crippen molar-refractivity contribution in [3.8, 4) is 0 Å². The molecule has 0 rings (SSSR count). The van der Waals surface area contributed by atoms with Crippen LogP contribution in [0.3, 0.4) is 0 Å². The van der Waals surface area contributed by atoms with Crippen LogP contribution in [0.2, 0.25) is 0 Å². The molecule has 0 aliphatic heterocycles. The lowest BCUT2D eigenvalue weighted by atomic mass is 10.00. The van der Waals surface area contributed by atoms with Gasteiger partial charge in [0.15, 0.2) is 0 Å². The normalized spacial score (nSPS) is 13.9. The van der Waals surface area contributed by atoms with E-state index in [1.54, 1.807) is 0 Å². The quantitative estimate of drug-likeness (QED) is 0.629. The summed E-state index contributed by atoms with van der Waals surface area (Å²) in [6, 6.07) is 0. The van der Waals surface area contributed by atoms with E-state index >= 15 is 0 Å². The van der Waals surface area contributed by atoms with Crippen LogP contribution in [0.5, 0.6) is 0 Å². The van der Waals surface area contributed by atoms with Gasteiger partial charge in [-0.2, -0.15) is 0 Å². The third-order valence-electron chi connectivity index (χ3n) is 1.58. The predicted molar refractivity (Wildman–Crippen MR) is 53.2 cm³/mol. The van der Waals surface area contributed by atoms with E-state index in [0.29, 0.717) is 5.92 Å². The topological polar surface area (TPSA) is 9.23 Å². The van der Waals surface area contributed by atoms with E-state index in [9.17, 15) is 0 Å². The summed E-state index contributed by atoms with van der Waals surface area (Å²) in [6.07, 6.45) is 1.26. The van der Waals surface area contributed by atoms with Gasteiger partial charge in [0, 0.05) is 11.9 Å². The summed E-state index contributed by atoms with van der Waals surface area (Å²) >= 11 is 3.49. The van der Waals surface area contributed by atoms with Crippen molar-refractivity contribution in [1.82, 2.24) is 0 Å². The molecule has 0 aromatic carbocycles. The van der Waals surface area contributed by atoms with Crippen LogP contribution in [0.25, 0.3) is 0 Å². The lowest BCUT2D eigenvalue weighted by Gasteiger charge is -2.15. The first-order valence-corrected chi connectivity index (χ1v) is 5.46. The summed E-state index contributed by atoms with van der Waals surface area (Å²) in [6.45, 7) is 8.28. The number of ether oxygens (including phenoxy) is 1. The largest absolute Gasteiger partial charge is 0.381 e. The highest BCUT2D eigenvalue weighted by atomic mass is 79.9. The van der Waals surface area contributed by atoms with Gasteiger partial charge in [0.05, 0.1) is 6.61 Å².